The summed E-state index contributed by atoms with van der Waals surface area (Å²) < 4.78 is 0. The minimum absolute atomic E-state index is 0. The summed E-state index contributed by atoms with van der Waals surface area (Å²) in [4.78, 5) is 0. The molecular formula is C5H14N2Na2. The molecule has 0 atom stereocenters. The Morgan fingerprint density at radius 3 is 1.22 bits per heavy atom. The van der Waals surface area contributed by atoms with Crippen molar-refractivity contribution in [1.29, 1.82) is 0 Å². The fourth-order valence-electron chi connectivity index (χ4n) is 0.465. The molecule has 46 valence electrons. The molecule has 0 aliphatic carbocycles. The largest absolute Gasteiger partial charge is 0.330 e. The standard InChI is InChI=1S/C5H14N2.2Na/c6-4-2-1-3-5-7;;/h1-7H2;;. The van der Waals surface area contributed by atoms with Gasteiger partial charge in [-0.25, -0.2) is 0 Å². The molecule has 0 aliphatic heterocycles. The predicted octanol–water partition coefficient (Wildman–Crippen LogP) is -0.687. The van der Waals surface area contributed by atoms with Crippen LogP contribution in [0.4, 0.5) is 0 Å². The van der Waals surface area contributed by atoms with Crippen LogP contribution in [-0.4, -0.2) is 72.2 Å². The van der Waals surface area contributed by atoms with Gasteiger partial charge in [0.1, 0.15) is 0 Å². The summed E-state index contributed by atoms with van der Waals surface area (Å²) in [6.07, 6.45) is 3.43. The van der Waals surface area contributed by atoms with E-state index in [1.807, 2.05) is 0 Å². The van der Waals surface area contributed by atoms with E-state index >= 15 is 0 Å². The number of hydrogen-bond acceptors (Lipinski definition) is 2. The number of hydrogen-bond donors (Lipinski definition) is 2. The zero-order valence-electron chi connectivity index (χ0n) is 6.69. The molecule has 0 amide bonds. The van der Waals surface area contributed by atoms with Gasteiger partial charge in [0.15, 0.2) is 0 Å². The van der Waals surface area contributed by atoms with Crippen LogP contribution >= 0.6 is 0 Å². The maximum Gasteiger partial charge on any atom is 0 e. The van der Waals surface area contributed by atoms with Crippen molar-refractivity contribution >= 4 is 59.1 Å². The maximum absolute atomic E-state index is 5.23. The topological polar surface area (TPSA) is 52.0 Å². The van der Waals surface area contributed by atoms with E-state index in [9.17, 15) is 0 Å². The summed E-state index contributed by atoms with van der Waals surface area (Å²) >= 11 is 0. The second-order valence-corrected chi connectivity index (χ2v) is 1.64. The second kappa shape index (κ2) is 16.5. The molecule has 0 aromatic carbocycles. The normalized spacial score (nSPS) is 7.33. The summed E-state index contributed by atoms with van der Waals surface area (Å²) in [7, 11) is 0. The molecule has 0 aromatic heterocycles. The molecule has 2 radical (unpaired) electrons. The van der Waals surface area contributed by atoms with Crippen LogP contribution in [0, 0.1) is 0 Å². The summed E-state index contributed by atoms with van der Waals surface area (Å²) in [6.45, 7) is 1.61. The molecule has 0 spiro atoms. The molecule has 4 N–H and O–H groups in total. The molecule has 0 saturated heterocycles. The summed E-state index contributed by atoms with van der Waals surface area (Å²) in [5.74, 6) is 0. The van der Waals surface area contributed by atoms with Crippen LogP contribution in [0.1, 0.15) is 19.3 Å². The first-order chi connectivity index (χ1) is 3.41. The van der Waals surface area contributed by atoms with E-state index in [-0.39, 0.29) is 59.1 Å². The molecule has 2 nitrogen and oxygen atoms in total. The molecule has 0 aliphatic rings. The van der Waals surface area contributed by atoms with Crippen LogP contribution in [0.5, 0.6) is 0 Å². The van der Waals surface area contributed by atoms with Crippen molar-refractivity contribution in [2.24, 2.45) is 11.5 Å². The minimum Gasteiger partial charge on any atom is -0.330 e. The Bertz CT molecular complexity index is 32.1. The number of rotatable bonds is 4. The van der Waals surface area contributed by atoms with E-state index in [0.29, 0.717) is 0 Å². The zero-order valence-corrected chi connectivity index (χ0v) is 10.7. The van der Waals surface area contributed by atoms with Crippen LogP contribution in [0.25, 0.3) is 0 Å². The van der Waals surface area contributed by atoms with Gasteiger partial charge in [0.05, 0.1) is 0 Å². The minimum atomic E-state index is 0. The van der Waals surface area contributed by atoms with Gasteiger partial charge in [-0.2, -0.15) is 0 Å². The molecule has 0 fully saturated rings. The van der Waals surface area contributed by atoms with Gasteiger partial charge in [-0.15, -0.1) is 0 Å². The van der Waals surface area contributed by atoms with E-state index in [0.717, 1.165) is 25.9 Å². The first kappa shape index (κ1) is 17.1. The van der Waals surface area contributed by atoms with Crippen LogP contribution in [-0.2, 0) is 0 Å². The van der Waals surface area contributed by atoms with Crippen molar-refractivity contribution in [2.45, 2.75) is 19.3 Å². The van der Waals surface area contributed by atoms with E-state index < -0.39 is 0 Å². The average molecular weight is 148 g/mol. The molecule has 0 unspecified atom stereocenters. The Balaban J connectivity index is -0.000000180. The van der Waals surface area contributed by atoms with Gasteiger partial charge in [-0.1, -0.05) is 6.42 Å². The zero-order chi connectivity index (χ0) is 5.54. The number of unbranched alkanes of at least 4 members (excludes halogenated alkanes) is 2. The van der Waals surface area contributed by atoms with Gasteiger partial charge >= 0.3 is 0 Å². The van der Waals surface area contributed by atoms with Crippen LogP contribution in [0.2, 0.25) is 0 Å². The Labute approximate surface area is 102 Å². The fourth-order valence-corrected chi connectivity index (χ4v) is 0.465. The van der Waals surface area contributed by atoms with Crippen LogP contribution in [0.3, 0.4) is 0 Å². The Kier molecular flexibility index (Phi) is 31.4. The van der Waals surface area contributed by atoms with Crippen molar-refractivity contribution < 1.29 is 0 Å². The molecule has 0 aromatic rings. The molecule has 0 saturated carbocycles. The molecular weight excluding hydrogens is 134 g/mol. The van der Waals surface area contributed by atoms with E-state index in [1.165, 1.54) is 6.42 Å². The van der Waals surface area contributed by atoms with Gasteiger partial charge in [-0.05, 0) is 25.9 Å². The smallest absolute Gasteiger partial charge is 0 e. The number of nitrogens with two attached hydrogens (primary N) is 2. The monoisotopic (exact) mass is 148 g/mol. The van der Waals surface area contributed by atoms with Crippen molar-refractivity contribution in [2.75, 3.05) is 13.1 Å². The predicted molar refractivity (Wildman–Crippen MR) is 43.5 cm³/mol. The third-order valence-electron chi connectivity index (χ3n) is 0.908. The molecule has 0 heterocycles. The van der Waals surface area contributed by atoms with Gasteiger partial charge in [0.25, 0.3) is 0 Å². The third kappa shape index (κ3) is 17.8. The fraction of sp³-hybridized carbons (Fsp3) is 1.00. The van der Waals surface area contributed by atoms with Gasteiger partial charge in [0, 0.05) is 59.1 Å². The quantitative estimate of drug-likeness (QED) is 0.409. The third-order valence-corrected chi connectivity index (χ3v) is 0.908. The molecule has 0 bridgehead atoms. The average Bonchev–Trinajstić information content (AvgIpc) is 1.69. The molecule has 0 rings (SSSR count). The Morgan fingerprint density at radius 1 is 0.667 bits per heavy atom. The van der Waals surface area contributed by atoms with E-state index in [4.69, 9.17) is 11.5 Å². The summed E-state index contributed by atoms with van der Waals surface area (Å²) in [5, 5.41) is 0. The Morgan fingerprint density at radius 2 is 1.00 bits per heavy atom. The van der Waals surface area contributed by atoms with E-state index in [2.05, 4.69) is 0 Å². The van der Waals surface area contributed by atoms with E-state index in [1.54, 1.807) is 0 Å². The van der Waals surface area contributed by atoms with Crippen molar-refractivity contribution in [3.8, 4) is 0 Å². The molecule has 9 heavy (non-hydrogen) atoms. The van der Waals surface area contributed by atoms with Crippen molar-refractivity contribution in [3.05, 3.63) is 0 Å². The maximum atomic E-state index is 5.23. The van der Waals surface area contributed by atoms with Gasteiger partial charge < -0.3 is 11.5 Å². The van der Waals surface area contributed by atoms with Gasteiger partial charge in [0.2, 0.25) is 0 Å². The first-order valence-corrected chi connectivity index (χ1v) is 2.82. The summed E-state index contributed by atoms with van der Waals surface area (Å²) in [5.41, 5.74) is 10.5. The van der Waals surface area contributed by atoms with Crippen molar-refractivity contribution in [1.82, 2.24) is 0 Å². The first-order valence-electron chi connectivity index (χ1n) is 2.82. The SMILES string of the molecule is NCCCCCN.[Na].[Na]. The van der Waals surface area contributed by atoms with Crippen molar-refractivity contribution in [3.63, 3.8) is 0 Å². The van der Waals surface area contributed by atoms with Crippen LogP contribution in [0.15, 0.2) is 0 Å². The van der Waals surface area contributed by atoms with Gasteiger partial charge in [-0.3, -0.25) is 0 Å². The second-order valence-electron chi connectivity index (χ2n) is 1.64. The molecule has 4 heteroatoms. The Hall–Kier alpha value is 1.92. The summed E-state index contributed by atoms with van der Waals surface area (Å²) in [6, 6.07) is 0. The van der Waals surface area contributed by atoms with Crippen LogP contribution < -0.4 is 11.5 Å².